The average molecular weight is 605 g/mol. The number of nitriles is 1. The van der Waals surface area contributed by atoms with Gasteiger partial charge in [0, 0.05) is 0 Å². The van der Waals surface area contributed by atoms with Gasteiger partial charge >= 0.3 is 13.7 Å². The van der Waals surface area contributed by atoms with Gasteiger partial charge in [-0.2, -0.15) is 15.5 Å². The molecule has 1 saturated heterocycles. The molecule has 0 bridgehead atoms. The van der Waals surface area contributed by atoms with Crippen LogP contribution in [0.5, 0.6) is 5.75 Å². The molecule has 3 heterocycles. The Morgan fingerprint density at radius 2 is 1.95 bits per heavy atom. The Hall–Kier alpha value is -3.28. The van der Waals surface area contributed by atoms with Gasteiger partial charge < -0.3 is 35.3 Å². The molecule has 6 N–H and O–H groups in total. The van der Waals surface area contributed by atoms with Gasteiger partial charge in [0.15, 0.2) is 0 Å². The highest BCUT2D eigenvalue weighted by atomic mass is 31.2. The van der Waals surface area contributed by atoms with Gasteiger partial charge in [0.2, 0.25) is 5.60 Å². The van der Waals surface area contributed by atoms with E-state index >= 15 is 0 Å². The van der Waals surface area contributed by atoms with Gasteiger partial charge in [-0.3, -0.25) is 9.32 Å². The maximum atomic E-state index is 14.0. The van der Waals surface area contributed by atoms with Gasteiger partial charge in [-0.25, -0.2) is 9.24 Å². The molecular formula is C27H37N6O8P. The van der Waals surface area contributed by atoms with Gasteiger partial charge in [0.25, 0.3) is 0 Å². The van der Waals surface area contributed by atoms with E-state index < -0.39 is 56.4 Å². The van der Waals surface area contributed by atoms with Crippen molar-refractivity contribution < 1.29 is 38.1 Å². The first-order chi connectivity index (χ1) is 20.1. The third-order valence-electron chi connectivity index (χ3n) is 7.33. The number of aliphatic hydroxyl groups is 2. The summed E-state index contributed by atoms with van der Waals surface area (Å²) in [6, 6.07) is 12.1. The highest BCUT2D eigenvalue weighted by molar-refractivity contribution is 7.52. The molecule has 2 unspecified atom stereocenters. The second-order valence-electron chi connectivity index (χ2n) is 10.2. The summed E-state index contributed by atoms with van der Waals surface area (Å²) in [6.07, 6.45) is -2.09. The van der Waals surface area contributed by atoms with E-state index in [-0.39, 0.29) is 18.3 Å². The number of rotatable bonds is 13. The van der Waals surface area contributed by atoms with Gasteiger partial charge in [-0.15, -0.1) is 0 Å². The maximum Gasteiger partial charge on any atom is 0.459 e. The maximum absolute atomic E-state index is 14.0. The van der Waals surface area contributed by atoms with Crippen LogP contribution in [-0.4, -0.2) is 64.3 Å². The zero-order valence-corrected chi connectivity index (χ0v) is 24.5. The summed E-state index contributed by atoms with van der Waals surface area (Å²) in [7, 11) is -4.40. The SMILES string of the molecule is CCC(CC)COC(=O)[C@H](C)NP(=O)(OC[C@@]1(C#N)O[C@@H](c2ccc3n2N=CNC3N)[C@H](O)[C@@H]1O)Oc1ccccc1. The summed E-state index contributed by atoms with van der Waals surface area (Å²) in [5.74, 6) is -0.328. The minimum atomic E-state index is -4.40. The van der Waals surface area contributed by atoms with Crippen molar-refractivity contribution in [2.45, 2.75) is 69.7 Å². The van der Waals surface area contributed by atoms with Gasteiger partial charge in [-0.1, -0.05) is 44.9 Å². The van der Waals surface area contributed by atoms with Crippen LogP contribution in [0, 0.1) is 17.2 Å². The first-order valence-electron chi connectivity index (χ1n) is 13.7. The number of aromatic nitrogens is 1. The van der Waals surface area contributed by atoms with Crippen LogP contribution in [0.25, 0.3) is 0 Å². The lowest BCUT2D eigenvalue weighted by molar-refractivity contribution is -0.146. The van der Waals surface area contributed by atoms with Gasteiger partial charge in [-0.05, 0) is 37.1 Å². The van der Waals surface area contributed by atoms with Crippen LogP contribution in [0.3, 0.4) is 0 Å². The van der Waals surface area contributed by atoms with Crippen LogP contribution < -0.4 is 20.7 Å². The van der Waals surface area contributed by atoms with Crippen LogP contribution in [0.1, 0.15) is 57.3 Å². The standard InChI is InChI=1S/C27H37N6O8P/c1-4-18(5-2)13-38-26(36)17(3)32-42(37,41-19-9-7-6-8-10-19)39-15-27(14-28)24(35)22(34)23(40-27)20-11-12-21-25(29)30-16-31-33(20)21/h6-12,16-18,22-25,34-35H,4-5,13,15,29H2,1-3H3,(H,30,31)(H,32,37)/t17-,22-,23-,24-,25?,27+,42?/m0/s1. The fourth-order valence-electron chi connectivity index (χ4n) is 4.62. The number of para-hydroxylation sites is 1. The van der Waals surface area contributed by atoms with E-state index in [0.717, 1.165) is 12.8 Å². The smallest absolute Gasteiger partial charge is 0.459 e. The Labute approximate surface area is 244 Å². The molecule has 1 aromatic heterocycles. The highest BCUT2D eigenvalue weighted by Crippen LogP contribution is 2.48. The summed E-state index contributed by atoms with van der Waals surface area (Å²) < 4.78 is 38.0. The first kappa shape index (κ1) is 31.7. The highest BCUT2D eigenvalue weighted by Gasteiger charge is 2.57. The van der Waals surface area contributed by atoms with E-state index in [1.54, 1.807) is 30.3 Å². The molecule has 0 aliphatic carbocycles. The fourth-order valence-corrected chi connectivity index (χ4v) is 6.14. The number of esters is 1. The van der Waals surface area contributed by atoms with Crippen molar-refractivity contribution in [2.75, 3.05) is 13.2 Å². The number of aliphatic hydroxyl groups excluding tert-OH is 2. The quantitative estimate of drug-likeness (QED) is 0.165. The monoisotopic (exact) mass is 604 g/mol. The molecule has 15 heteroatoms. The largest absolute Gasteiger partial charge is 0.464 e. The Kier molecular flexibility index (Phi) is 10.1. The molecule has 14 nitrogen and oxygen atoms in total. The molecule has 4 rings (SSSR count). The molecule has 1 aromatic carbocycles. The Morgan fingerprint density at radius 1 is 1.26 bits per heavy atom. The zero-order chi connectivity index (χ0) is 30.5. The number of nitrogens with zero attached hydrogens (tertiary/aromatic N) is 3. The number of ether oxygens (including phenoxy) is 2. The summed E-state index contributed by atoms with van der Waals surface area (Å²) >= 11 is 0. The van der Waals surface area contributed by atoms with E-state index in [0.29, 0.717) is 11.4 Å². The van der Waals surface area contributed by atoms with Crippen molar-refractivity contribution >= 4 is 20.1 Å². The van der Waals surface area contributed by atoms with E-state index in [9.17, 15) is 24.8 Å². The Bertz CT molecular complexity index is 1350. The van der Waals surface area contributed by atoms with Crippen molar-refractivity contribution in [3.63, 3.8) is 0 Å². The summed E-state index contributed by atoms with van der Waals surface area (Å²) in [4.78, 5) is 12.7. The number of hydrogen-bond acceptors (Lipinski definition) is 12. The lowest BCUT2D eigenvalue weighted by Crippen LogP contribution is -2.46. The Balaban J connectivity index is 1.53. The molecule has 1 fully saturated rings. The van der Waals surface area contributed by atoms with Gasteiger partial charge in [0.05, 0.1) is 18.0 Å². The summed E-state index contributed by atoms with van der Waals surface area (Å²) in [5.41, 5.74) is 4.77. The van der Waals surface area contributed by atoms with Crippen LogP contribution in [0.2, 0.25) is 0 Å². The van der Waals surface area contributed by atoms with Crippen LogP contribution in [0.4, 0.5) is 0 Å². The van der Waals surface area contributed by atoms with Crippen LogP contribution in [-0.2, 0) is 23.4 Å². The summed E-state index contributed by atoms with van der Waals surface area (Å²) in [5, 5.41) is 41.6. The van der Waals surface area contributed by atoms with E-state index in [4.69, 9.17) is 24.3 Å². The number of benzene rings is 1. The minimum Gasteiger partial charge on any atom is -0.464 e. The predicted molar refractivity (Wildman–Crippen MR) is 151 cm³/mol. The number of nitrogens with two attached hydrogens (primary N) is 1. The van der Waals surface area contributed by atoms with Crippen LogP contribution in [0.15, 0.2) is 47.6 Å². The Morgan fingerprint density at radius 3 is 2.62 bits per heavy atom. The lowest BCUT2D eigenvalue weighted by atomic mass is 9.96. The molecule has 2 aromatic rings. The van der Waals surface area contributed by atoms with E-state index in [1.165, 1.54) is 30.1 Å². The molecule has 228 valence electrons. The van der Waals surface area contributed by atoms with Crippen molar-refractivity contribution in [1.82, 2.24) is 15.1 Å². The van der Waals surface area contributed by atoms with Gasteiger partial charge in [0.1, 0.15) is 55.3 Å². The number of hydrogen-bond donors (Lipinski definition) is 5. The number of nitrogens with one attached hydrogen (secondary N) is 2. The molecule has 2 aliphatic rings. The number of carbonyl (C=O) groups is 1. The van der Waals surface area contributed by atoms with Crippen molar-refractivity contribution in [3.8, 4) is 11.8 Å². The minimum absolute atomic E-state index is 0.158. The molecular weight excluding hydrogens is 567 g/mol. The topological polar surface area (TPSA) is 203 Å². The molecule has 2 aliphatic heterocycles. The summed E-state index contributed by atoms with van der Waals surface area (Å²) in [6.45, 7) is 4.85. The van der Waals surface area contributed by atoms with E-state index in [2.05, 4.69) is 15.5 Å². The third-order valence-corrected chi connectivity index (χ3v) is 8.95. The first-order valence-corrected chi connectivity index (χ1v) is 15.3. The second kappa shape index (κ2) is 13.4. The number of carbonyl (C=O) groups excluding carboxylic acids is 1. The van der Waals surface area contributed by atoms with Crippen molar-refractivity contribution in [1.29, 1.82) is 5.26 Å². The average Bonchev–Trinajstić information content (AvgIpc) is 3.52. The van der Waals surface area contributed by atoms with Crippen molar-refractivity contribution in [2.24, 2.45) is 16.8 Å². The fraction of sp³-hybridized carbons (Fsp3) is 0.519. The molecule has 42 heavy (non-hydrogen) atoms. The van der Waals surface area contributed by atoms with Crippen molar-refractivity contribution in [3.05, 3.63) is 53.9 Å². The zero-order valence-electron chi connectivity index (χ0n) is 23.6. The molecule has 0 radical (unpaired) electrons. The lowest BCUT2D eigenvalue weighted by Gasteiger charge is -2.28. The molecule has 0 spiro atoms. The number of fused-ring (bicyclic) bond motifs is 1. The third kappa shape index (κ3) is 6.68. The molecule has 0 saturated carbocycles. The predicted octanol–water partition coefficient (Wildman–Crippen LogP) is 2.06. The molecule has 7 atom stereocenters. The molecule has 0 amide bonds. The van der Waals surface area contributed by atoms with Crippen LogP contribution >= 0.6 is 7.75 Å². The van der Waals surface area contributed by atoms with E-state index in [1.807, 2.05) is 19.9 Å². The normalized spacial score (nSPS) is 27.0. The second-order valence-corrected chi connectivity index (χ2v) is 11.9.